The first-order valence-corrected chi connectivity index (χ1v) is 9.49. The van der Waals surface area contributed by atoms with Crippen molar-refractivity contribution in [1.29, 1.82) is 0 Å². The molecule has 1 aromatic carbocycles. The smallest absolute Gasteiger partial charge is 0.220 e. The number of piperidine rings is 1. The fraction of sp³-hybridized carbons (Fsp3) is 0.650. The number of nitrogens with zero attached hydrogens (tertiary/aromatic N) is 1. The van der Waals surface area contributed by atoms with Crippen molar-refractivity contribution in [3.05, 3.63) is 29.8 Å². The van der Waals surface area contributed by atoms with Crippen LogP contribution in [0.3, 0.4) is 0 Å². The Kier molecular flexibility index (Phi) is 6.70. The van der Waals surface area contributed by atoms with Gasteiger partial charge in [-0.25, -0.2) is 0 Å². The first-order valence-electron chi connectivity index (χ1n) is 9.49. The molecule has 2 aliphatic rings. The van der Waals surface area contributed by atoms with Crippen molar-refractivity contribution in [2.24, 2.45) is 0 Å². The highest BCUT2D eigenvalue weighted by Crippen LogP contribution is 2.19. The largest absolute Gasteiger partial charge is 0.497 e. The first-order chi connectivity index (χ1) is 12.2. The molecule has 1 aromatic rings. The van der Waals surface area contributed by atoms with Gasteiger partial charge in [-0.3, -0.25) is 9.69 Å². The topological polar surface area (TPSA) is 50.8 Å². The number of nitrogens with one attached hydrogen (secondary N) is 1. The summed E-state index contributed by atoms with van der Waals surface area (Å²) in [5.74, 6) is 1.09. The second-order valence-corrected chi connectivity index (χ2v) is 7.14. The number of rotatable bonds is 7. The van der Waals surface area contributed by atoms with E-state index in [9.17, 15) is 4.79 Å². The fourth-order valence-electron chi connectivity index (χ4n) is 3.73. The average molecular weight is 346 g/mol. The lowest BCUT2D eigenvalue weighted by molar-refractivity contribution is -0.122. The summed E-state index contributed by atoms with van der Waals surface area (Å²) in [6, 6.07) is 8.57. The predicted octanol–water partition coefficient (Wildman–Crippen LogP) is 2.74. The molecule has 0 radical (unpaired) electrons. The van der Waals surface area contributed by atoms with Crippen LogP contribution in [0.4, 0.5) is 0 Å². The van der Waals surface area contributed by atoms with Gasteiger partial charge >= 0.3 is 0 Å². The normalized spacial score (nSPS) is 22.0. The van der Waals surface area contributed by atoms with E-state index < -0.39 is 0 Å². The number of ether oxygens (including phenoxy) is 2. The molecule has 1 atom stereocenters. The van der Waals surface area contributed by atoms with Gasteiger partial charge in [-0.1, -0.05) is 12.1 Å². The molecular weight excluding hydrogens is 316 g/mol. The van der Waals surface area contributed by atoms with Crippen molar-refractivity contribution < 1.29 is 14.3 Å². The molecule has 2 fully saturated rings. The highest BCUT2D eigenvalue weighted by Gasteiger charge is 2.22. The Hall–Kier alpha value is -1.59. The van der Waals surface area contributed by atoms with Crippen molar-refractivity contribution in [3.63, 3.8) is 0 Å². The molecule has 2 saturated heterocycles. The third-order valence-corrected chi connectivity index (χ3v) is 5.21. The van der Waals surface area contributed by atoms with Crippen molar-refractivity contribution in [3.8, 4) is 5.75 Å². The van der Waals surface area contributed by atoms with E-state index in [1.807, 2.05) is 12.1 Å². The summed E-state index contributed by atoms with van der Waals surface area (Å²) in [4.78, 5) is 14.6. The van der Waals surface area contributed by atoms with Gasteiger partial charge in [0.25, 0.3) is 0 Å². The van der Waals surface area contributed by atoms with E-state index in [0.29, 0.717) is 18.6 Å². The fourth-order valence-corrected chi connectivity index (χ4v) is 3.73. The minimum Gasteiger partial charge on any atom is -0.497 e. The van der Waals surface area contributed by atoms with Crippen LogP contribution in [0, 0.1) is 0 Å². The van der Waals surface area contributed by atoms with Crippen LogP contribution in [0.5, 0.6) is 5.75 Å². The van der Waals surface area contributed by atoms with E-state index in [-0.39, 0.29) is 5.91 Å². The van der Waals surface area contributed by atoms with Gasteiger partial charge in [-0.05, 0) is 49.8 Å². The van der Waals surface area contributed by atoms with Crippen molar-refractivity contribution in [2.75, 3.05) is 26.8 Å². The number of amides is 1. The monoisotopic (exact) mass is 346 g/mol. The predicted molar refractivity (Wildman–Crippen MR) is 97.6 cm³/mol. The minimum absolute atomic E-state index is 0.182. The van der Waals surface area contributed by atoms with Gasteiger partial charge in [0.15, 0.2) is 0 Å². The minimum atomic E-state index is 0.182. The van der Waals surface area contributed by atoms with Crippen molar-refractivity contribution in [2.45, 2.75) is 57.2 Å². The van der Waals surface area contributed by atoms with Crippen molar-refractivity contribution >= 4 is 5.91 Å². The molecule has 138 valence electrons. The van der Waals surface area contributed by atoms with Crippen LogP contribution in [0.25, 0.3) is 0 Å². The molecule has 0 unspecified atom stereocenters. The van der Waals surface area contributed by atoms with Gasteiger partial charge in [0.05, 0.1) is 13.2 Å². The molecule has 0 aliphatic carbocycles. The van der Waals surface area contributed by atoms with Crippen LogP contribution in [-0.4, -0.2) is 49.8 Å². The molecule has 1 N–H and O–H groups in total. The molecule has 2 aliphatic heterocycles. The molecule has 1 amide bonds. The highest BCUT2D eigenvalue weighted by molar-refractivity contribution is 5.76. The highest BCUT2D eigenvalue weighted by atomic mass is 16.5. The molecule has 2 heterocycles. The quantitative estimate of drug-likeness (QED) is 0.825. The second kappa shape index (κ2) is 9.20. The Balaban J connectivity index is 1.35. The zero-order chi connectivity index (χ0) is 17.5. The van der Waals surface area contributed by atoms with Gasteiger partial charge in [0.2, 0.25) is 5.91 Å². The summed E-state index contributed by atoms with van der Waals surface area (Å²) < 4.78 is 10.9. The molecule has 0 saturated carbocycles. The van der Waals surface area contributed by atoms with Crippen LogP contribution < -0.4 is 10.1 Å². The number of hydrogen-bond donors (Lipinski definition) is 1. The number of hydrogen-bond acceptors (Lipinski definition) is 4. The Morgan fingerprint density at radius 3 is 2.88 bits per heavy atom. The lowest BCUT2D eigenvalue weighted by atomic mass is 10.0. The summed E-state index contributed by atoms with van der Waals surface area (Å²) in [6.45, 7) is 3.84. The number of benzene rings is 1. The number of methoxy groups -OCH3 is 1. The Bertz CT molecular complexity index is 550. The SMILES string of the molecule is COc1cccc(CN2CCC(NC(=O)CC[C@@H]3CCCO3)CC2)c1. The lowest BCUT2D eigenvalue weighted by Crippen LogP contribution is -2.44. The standard InChI is InChI=1S/C20H30N2O3/c1-24-19-5-2-4-16(14-19)15-22-11-9-17(10-12-22)21-20(23)8-7-18-6-3-13-25-18/h2,4-5,14,17-18H,3,6-13,15H2,1H3,(H,21,23)/t18-/m0/s1. The molecule has 5 heteroatoms. The maximum absolute atomic E-state index is 12.1. The van der Waals surface area contributed by atoms with Crippen LogP contribution in [0.2, 0.25) is 0 Å². The summed E-state index contributed by atoms with van der Waals surface area (Å²) >= 11 is 0. The summed E-state index contributed by atoms with van der Waals surface area (Å²) in [5.41, 5.74) is 1.28. The molecule has 0 spiro atoms. The van der Waals surface area contributed by atoms with Gasteiger partial charge in [-0.15, -0.1) is 0 Å². The maximum Gasteiger partial charge on any atom is 0.220 e. The Morgan fingerprint density at radius 2 is 2.16 bits per heavy atom. The number of likely N-dealkylation sites (tertiary alicyclic amines) is 1. The summed E-state index contributed by atoms with van der Waals surface area (Å²) in [7, 11) is 1.70. The molecule has 0 aromatic heterocycles. The second-order valence-electron chi connectivity index (χ2n) is 7.14. The Morgan fingerprint density at radius 1 is 1.32 bits per heavy atom. The van der Waals surface area contributed by atoms with Crippen LogP contribution in [0.1, 0.15) is 44.1 Å². The third kappa shape index (κ3) is 5.72. The van der Waals surface area contributed by atoms with E-state index in [2.05, 4.69) is 22.3 Å². The molecule has 5 nitrogen and oxygen atoms in total. The molecule has 0 bridgehead atoms. The third-order valence-electron chi connectivity index (χ3n) is 5.21. The maximum atomic E-state index is 12.1. The zero-order valence-electron chi connectivity index (χ0n) is 15.2. The molecular formula is C20H30N2O3. The summed E-state index contributed by atoms with van der Waals surface area (Å²) in [5, 5.41) is 3.20. The van der Waals surface area contributed by atoms with Gasteiger partial charge < -0.3 is 14.8 Å². The summed E-state index contributed by atoms with van der Waals surface area (Å²) in [6.07, 6.45) is 6.05. The molecule has 3 rings (SSSR count). The first kappa shape index (κ1) is 18.2. The lowest BCUT2D eigenvalue weighted by Gasteiger charge is -2.32. The average Bonchev–Trinajstić information content (AvgIpc) is 3.15. The van der Waals surface area contributed by atoms with Gasteiger partial charge in [0.1, 0.15) is 5.75 Å². The van der Waals surface area contributed by atoms with Crippen LogP contribution in [0.15, 0.2) is 24.3 Å². The number of carbonyl (C=O) groups excluding carboxylic acids is 1. The molecule has 25 heavy (non-hydrogen) atoms. The van der Waals surface area contributed by atoms with Crippen LogP contribution in [-0.2, 0) is 16.1 Å². The van der Waals surface area contributed by atoms with Gasteiger partial charge in [-0.2, -0.15) is 0 Å². The van der Waals surface area contributed by atoms with Crippen LogP contribution >= 0.6 is 0 Å². The number of carbonyl (C=O) groups is 1. The zero-order valence-corrected chi connectivity index (χ0v) is 15.2. The van der Waals surface area contributed by atoms with Crippen molar-refractivity contribution in [1.82, 2.24) is 10.2 Å². The van der Waals surface area contributed by atoms with E-state index in [1.165, 1.54) is 5.56 Å². The Labute approximate surface area is 150 Å². The van der Waals surface area contributed by atoms with E-state index in [0.717, 1.165) is 64.1 Å². The van der Waals surface area contributed by atoms with E-state index >= 15 is 0 Å². The van der Waals surface area contributed by atoms with Gasteiger partial charge in [0, 0.05) is 38.7 Å². The van der Waals surface area contributed by atoms with E-state index in [4.69, 9.17) is 9.47 Å². The van der Waals surface area contributed by atoms with E-state index in [1.54, 1.807) is 7.11 Å².